The number of nitrogens with one attached hydrogen (secondary N) is 1. The van der Waals surface area contributed by atoms with Gasteiger partial charge in [0.25, 0.3) is 0 Å². The van der Waals surface area contributed by atoms with Crippen molar-refractivity contribution in [2.75, 3.05) is 0 Å². The lowest BCUT2D eigenvalue weighted by atomic mass is 9.70. The average molecular weight is 192 g/mol. The first kappa shape index (κ1) is 9.98. The van der Waals surface area contributed by atoms with Gasteiger partial charge in [-0.3, -0.25) is 5.32 Å². The van der Waals surface area contributed by atoms with Gasteiger partial charge in [0, 0.05) is 6.04 Å². The van der Waals surface area contributed by atoms with Crippen molar-refractivity contribution >= 4 is 0 Å². The fourth-order valence-electron chi connectivity index (χ4n) is 2.62. The molecule has 2 nitrogen and oxygen atoms in total. The summed E-state index contributed by atoms with van der Waals surface area (Å²) in [4.78, 5) is 0. The van der Waals surface area contributed by atoms with E-state index in [9.17, 15) is 5.26 Å². The van der Waals surface area contributed by atoms with Crippen LogP contribution in [0.25, 0.3) is 0 Å². The Labute approximate surface area is 86.7 Å². The quantitative estimate of drug-likeness (QED) is 0.729. The van der Waals surface area contributed by atoms with Crippen LogP contribution in [0.3, 0.4) is 0 Å². The molecule has 0 aromatic carbocycles. The van der Waals surface area contributed by atoms with Gasteiger partial charge in [-0.25, -0.2) is 0 Å². The van der Waals surface area contributed by atoms with Gasteiger partial charge in [-0.1, -0.05) is 20.3 Å². The van der Waals surface area contributed by atoms with Gasteiger partial charge in [0.1, 0.15) is 5.54 Å². The zero-order valence-corrected chi connectivity index (χ0v) is 9.21. The molecule has 2 rings (SSSR count). The van der Waals surface area contributed by atoms with Gasteiger partial charge in [0.15, 0.2) is 0 Å². The highest BCUT2D eigenvalue weighted by atomic mass is 15.0. The first-order chi connectivity index (χ1) is 6.66. The standard InChI is InChI=1S/C12H20N2/c1-9-3-4-10(2)12(7-9,8-13)14-11-5-6-11/h9-11,14H,3-7H2,1-2H3. The second-order valence-electron chi connectivity index (χ2n) is 5.29. The van der Waals surface area contributed by atoms with Crippen molar-refractivity contribution in [3.05, 3.63) is 0 Å². The van der Waals surface area contributed by atoms with E-state index in [0.717, 1.165) is 6.42 Å². The Kier molecular flexibility index (Phi) is 2.53. The van der Waals surface area contributed by atoms with Crippen molar-refractivity contribution in [3.8, 4) is 6.07 Å². The zero-order chi connectivity index (χ0) is 10.2. The minimum absolute atomic E-state index is 0.209. The predicted octanol–water partition coefficient (Wildman–Crippen LogP) is 2.46. The summed E-state index contributed by atoms with van der Waals surface area (Å²) in [6, 6.07) is 3.20. The van der Waals surface area contributed by atoms with E-state index in [-0.39, 0.29) is 5.54 Å². The summed E-state index contributed by atoms with van der Waals surface area (Å²) in [6.07, 6.45) is 6.07. The van der Waals surface area contributed by atoms with Gasteiger partial charge in [-0.15, -0.1) is 0 Å². The van der Waals surface area contributed by atoms with E-state index >= 15 is 0 Å². The third kappa shape index (κ3) is 1.79. The summed E-state index contributed by atoms with van der Waals surface area (Å²) >= 11 is 0. The largest absolute Gasteiger partial charge is 0.296 e. The Balaban J connectivity index is 2.09. The Bertz CT molecular complexity index is 248. The Morgan fingerprint density at radius 1 is 1.21 bits per heavy atom. The summed E-state index contributed by atoms with van der Waals surface area (Å²) < 4.78 is 0. The van der Waals surface area contributed by atoms with E-state index in [2.05, 4.69) is 25.2 Å². The zero-order valence-electron chi connectivity index (χ0n) is 9.21. The molecule has 2 heteroatoms. The van der Waals surface area contributed by atoms with Gasteiger partial charge in [0.2, 0.25) is 0 Å². The maximum atomic E-state index is 9.39. The van der Waals surface area contributed by atoms with E-state index in [0.29, 0.717) is 17.9 Å². The highest BCUT2D eigenvalue weighted by molar-refractivity contribution is 5.14. The molecule has 0 saturated heterocycles. The van der Waals surface area contributed by atoms with Crippen LogP contribution in [-0.2, 0) is 0 Å². The van der Waals surface area contributed by atoms with Gasteiger partial charge in [-0.05, 0) is 37.5 Å². The molecule has 0 aromatic heterocycles. The lowest BCUT2D eigenvalue weighted by molar-refractivity contribution is 0.168. The van der Waals surface area contributed by atoms with Crippen LogP contribution in [0.1, 0.15) is 46.0 Å². The fraction of sp³-hybridized carbons (Fsp3) is 0.917. The van der Waals surface area contributed by atoms with Crippen LogP contribution in [0.2, 0.25) is 0 Å². The molecule has 1 N–H and O–H groups in total. The normalized spacial score (nSPS) is 43.2. The molecule has 0 heterocycles. The van der Waals surface area contributed by atoms with Gasteiger partial charge >= 0.3 is 0 Å². The molecule has 78 valence electrons. The van der Waals surface area contributed by atoms with Crippen molar-refractivity contribution in [1.82, 2.24) is 5.32 Å². The van der Waals surface area contributed by atoms with Crippen LogP contribution in [-0.4, -0.2) is 11.6 Å². The second kappa shape index (κ2) is 3.55. The van der Waals surface area contributed by atoms with Crippen LogP contribution < -0.4 is 5.32 Å². The third-order valence-electron chi connectivity index (χ3n) is 3.84. The molecule has 0 spiro atoms. The van der Waals surface area contributed by atoms with Crippen LogP contribution in [0.4, 0.5) is 0 Å². The van der Waals surface area contributed by atoms with Crippen molar-refractivity contribution in [2.45, 2.75) is 57.5 Å². The van der Waals surface area contributed by atoms with Gasteiger partial charge in [-0.2, -0.15) is 5.26 Å². The molecular weight excluding hydrogens is 172 g/mol. The van der Waals surface area contributed by atoms with E-state index in [1.54, 1.807) is 0 Å². The molecule has 3 unspecified atom stereocenters. The Morgan fingerprint density at radius 3 is 2.50 bits per heavy atom. The monoisotopic (exact) mass is 192 g/mol. The molecular formula is C12H20N2. The summed E-state index contributed by atoms with van der Waals surface area (Å²) in [6.45, 7) is 4.50. The van der Waals surface area contributed by atoms with Gasteiger partial charge in [0.05, 0.1) is 6.07 Å². The van der Waals surface area contributed by atoms with E-state index in [1.807, 2.05) is 0 Å². The maximum absolute atomic E-state index is 9.39. The minimum atomic E-state index is -0.209. The molecule has 14 heavy (non-hydrogen) atoms. The van der Waals surface area contributed by atoms with E-state index < -0.39 is 0 Å². The summed E-state index contributed by atoms with van der Waals surface area (Å²) in [5.41, 5.74) is -0.209. The van der Waals surface area contributed by atoms with E-state index in [4.69, 9.17) is 0 Å². The van der Waals surface area contributed by atoms with Gasteiger partial charge < -0.3 is 0 Å². The summed E-state index contributed by atoms with van der Waals surface area (Å²) in [7, 11) is 0. The smallest absolute Gasteiger partial charge is 0.109 e. The lowest BCUT2D eigenvalue weighted by Gasteiger charge is -2.40. The summed E-state index contributed by atoms with van der Waals surface area (Å²) in [5, 5.41) is 13.0. The minimum Gasteiger partial charge on any atom is -0.296 e. The van der Waals surface area contributed by atoms with Crippen LogP contribution in [0.5, 0.6) is 0 Å². The number of rotatable bonds is 2. The topological polar surface area (TPSA) is 35.8 Å². The Morgan fingerprint density at radius 2 is 1.93 bits per heavy atom. The average Bonchev–Trinajstić information content (AvgIpc) is 2.95. The SMILES string of the molecule is CC1CCC(C)C(C#N)(NC2CC2)C1. The predicted molar refractivity (Wildman–Crippen MR) is 56.7 cm³/mol. The highest BCUT2D eigenvalue weighted by Crippen LogP contribution is 2.38. The van der Waals surface area contributed by atoms with Crippen LogP contribution in [0, 0.1) is 23.2 Å². The fourth-order valence-corrected chi connectivity index (χ4v) is 2.62. The second-order valence-corrected chi connectivity index (χ2v) is 5.29. The molecule has 0 amide bonds. The first-order valence-electron chi connectivity index (χ1n) is 5.85. The van der Waals surface area contributed by atoms with Crippen molar-refractivity contribution in [2.24, 2.45) is 11.8 Å². The highest BCUT2D eigenvalue weighted by Gasteiger charge is 2.43. The Hall–Kier alpha value is -0.550. The number of hydrogen-bond acceptors (Lipinski definition) is 2. The van der Waals surface area contributed by atoms with Crippen molar-refractivity contribution in [1.29, 1.82) is 5.26 Å². The molecule has 0 radical (unpaired) electrons. The van der Waals surface area contributed by atoms with Crippen LogP contribution >= 0.6 is 0 Å². The maximum Gasteiger partial charge on any atom is 0.109 e. The first-order valence-corrected chi connectivity index (χ1v) is 5.85. The lowest BCUT2D eigenvalue weighted by Crippen LogP contribution is -2.53. The molecule has 0 bridgehead atoms. The molecule has 3 atom stereocenters. The summed E-state index contributed by atoms with van der Waals surface area (Å²) in [5.74, 6) is 1.22. The molecule has 2 aliphatic rings. The molecule has 2 aliphatic carbocycles. The molecule has 0 aliphatic heterocycles. The molecule has 2 saturated carbocycles. The van der Waals surface area contributed by atoms with Crippen LogP contribution in [0.15, 0.2) is 0 Å². The van der Waals surface area contributed by atoms with E-state index in [1.165, 1.54) is 25.7 Å². The molecule has 2 fully saturated rings. The molecule has 0 aromatic rings. The number of nitriles is 1. The third-order valence-corrected chi connectivity index (χ3v) is 3.84. The number of nitrogens with zero attached hydrogens (tertiary/aromatic N) is 1. The van der Waals surface area contributed by atoms with Crippen molar-refractivity contribution in [3.63, 3.8) is 0 Å². The van der Waals surface area contributed by atoms with Crippen molar-refractivity contribution < 1.29 is 0 Å². The number of hydrogen-bond donors (Lipinski definition) is 1.